The van der Waals surface area contributed by atoms with Gasteiger partial charge in [0.1, 0.15) is 6.54 Å². The number of aryl methyl sites for hydroxylation is 1. The van der Waals surface area contributed by atoms with E-state index >= 15 is 0 Å². The number of amides is 1. The van der Waals surface area contributed by atoms with Crippen LogP contribution in [0.25, 0.3) is 11.4 Å². The maximum atomic E-state index is 12.5. The first kappa shape index (κ1) is 21.5. The SMILES string of the molecule is Cc1cccc(-c2n[nH]c(=S)n2CC(=O)NCc2cccnc2OCC(F)(F)F)c1. The van der Waals surface area contributed by atoms with Crippen molar-refractivity contribution in [2.45, 2.75) is 26.2 Å². The number of ether oxygens (including phenoxy) is 1. The molecule has 2 heterocycles. The highest BCUT2D eigenvalue weighted by molar-refractivity contribution is 7.71. The van der Waals surface area contributed by atoms with Crippen molar-refractivity contribution in [3.05, 3.63) is 58.5 Å². The average molecular weight is 437 g/mol. The maximum absolute atomic E-state index is 12.5. The molecule has 158 valence electrons. The van der Waals surface area contributed by atoms with E-state index in [-0.39, 0.29) is 23.7 Å². The molecule has 0 saturated carbocycles. The van der Waals surface area contributed by atoms with Crippen LogP contribution >= 0.6 is 12.2 Å². The minimum absolute atomic E-state index is 0.0508. The quantitative estimate of drug-likeness (QED) is 0.552. The summed E-state index contributed by atoms with van der Waals surface area (Å²) in [6.45, 7) is 0.311. The Balaban J connectivity index is 1.68. The molecule has 2 aromatic heterocycles. The molecule has 0 spiro atoms. The summed E-state index contributed by atoms with van der Waals surface area (Å²) in [5.74, 6) is -0.0723. The zero-order valence-electron chi connectivity index (χ0n) is 15.9. The summed E-state index contributed by atoms with van der Waals surface area (Å²) in [5, 5.41) is 9.51. The molecule has 0 bridgehead atoms. The lowest BCUT2D eigenvalue weighted by Gasteiger charge is -2.13. The molecule has 0 unspecified atom stereocenters. The zero-order chi connectivity index (χ0) is 21.7. The molecular weight excluding hydrogens is 419 g/mol. The average Bonchev–Trinajstić information content (AvgIpc) is 3.05. The Labute approximate surface area is 174 Å². The molecule has 1 aromatic carbocycles. The van der Waals surface area contributed by atoms with Crippen LogP contribution < -0.4 is 10.1 Å². The Morgan fingerprint density at radius 2 is 2.10 bits per heavy atom. The normalized spacial score (nSPS) is 11.3. The zero-order valence-corrected chi connectivity index (χ0v) is 16.7. The van der Waals surface area contributed by atoms with Crippen LogP contribution in [0.4, 0.5) is 13.2 Å². The highest BCUT2D eigenvalue weighted by Crippen LogP contribution is 2.20. The van der Waals surface area contributed by atoms with Gasteiger partial charge in [-0.3, -0.25) is 14.5 Å². The van der Waals surface area contributed by atoms with Gasteiger partial charge in [0.2, 0.25) is 11.8 Å². The van der Waals surface area contributed by atoms with Gasteiger partial charge in [-0.05, 0) is 31.3 Å². The predicted octanol–water partition coefficient (Wildman–Crippen LogP) is 3.57. The van der Waals surface area contributed by atoms with E-state index < -0.39 is 18.7 Å². The van der Waals surface area contributed by atoms with E-state index in [1.54, 1.807) is 10.6 Å². The summed E-state index contributed by atoms with van der Waals surface area (Å²) in [4.78, 5) is 16.3. The fourth-order valence-corrected chi connectivity index (χ4v) is 2.90. The van der Waals surface area contributed by atoms with Gasteiger partial charge in [-0.1, -0.05) is 29.8 Å². The molecule has 0 aliphatic heterocycles. The van der Waals surface area contributed by atoms with Gasteiger partial charge in [0.15, 0.2) is 17.2 Å². The smallest absolute Gasteiger partial charge is 0.422 e. The third kappa shape index (κ3) is 5.66. The molecule has 3 aromatic rings. The number of nitrogens with zero attached hydrogens (tertiary/aromatic N) is 3. The molecule has 0 fully saturated rings. The lowest BCUT2D eigenvalue weighted by molar-refractivity contribution is -0.154. The van der Waals surface area contributed by atoms with Gasteiger partial charge < -0.3 is 10.1 Å². The second-order valence-electron chi connectivity index (χ2n) is 6.46. The molecular formula is C19H18F3N5O2S. The van der Waals surface area contributed by atoms with Crippen molar-refractivity contribution in [2.24, 2.45) is 0 Å². The van der Waals surface area contributed by atoms with E-state index in [1.165, 1.54) is 12.3 Å². The monoisotopic (exact) mass is 437 g/mol. The summed E-state index contributed by atoms with van der Waals surface area (Å²) >= 11 is 5.22. The highest BCUT2D eigenvalue weighted by Gasteiger charge is 2.29. The van der Waals surface area contributed by atoms with Crippen molar-refractivity contribution in [1.82, 2.24) is 25.1 Å². The van der Waals surface area contributed by atoms with Crippen molar-refractivity contribution in [3.63, 3.8) is 0 Å². The van der Waals surface area contributed by atoms with Gasteiger partial charge in [0.05, 0.1) is 0 Å². The Hall–Kier alpha value is -3.21. The van der Waals surface area contributed by atoms with Crippen molar-refractivity contribution in [2.75, 3.05) is 6.61 Å². The molecule has 7 nitrogen and oxygen atoms in total. The number of alkyl halides is 3. The number of carbonyl (C=O) groups excluding carboxylic acids is 1. The number of benzene rings is 1. The van der Waals surface area contributed by atoms with Crippen LogP contribution in [-0.4, -0.2) is 38.4 Å². The number of halogens is 3. The van der Waals surface area contributed by atoms with E-state index in [0.29, 0.717) is 11.4 Å². The molecule has 0 saturated heterocycles. The van der Waals surface area contributed by atoms with Gasteiger partial charge in [-0.15, -0.1) is 0 Å². The summed E-state index contributed by atoms with van der Waals surface area (Å²) in [7, 11) is 0. The van der Waals surface area contributed by atoms with Gasteiger partial charge in [0, 0.05) is 23.9 Å². The summed E-state index contributed by atoms with van der Waals surface area (Å²) in [5.41, 5.74) is 2.15. The van der Waals surface area contributed by atoms with Gasteiger partial charge in [-0.2, -0.15) is 18.3 Å². The first-order valence-corrected chi connectivity index (χ1v) is 9.26. The molecule has 0 radical (unpaired) electrons. The van der Waals surface area contributed by atoms with Crippen LogP contribution in [0.3, 0.4) is 0 Å². The van der Waals surface area contributed by atoms with Crippen LogP contribution in [0, 0.1) is 11.7 Å². The summed E-state index contributed by atoms with van der Waals surface area (Å²) in [6.07, 6.45) is -3.17. The topological polar surface area (TPSA) is 84.8 Å². The fraction of sp³-hybridized carbons (Fsp3) is 0.263. The number of carbonyl (C=O) groups is 1. The fourth-order valence-electron chi connectivity index (χ4n) is 2.70. The number of hydrogen-bond acceptors (Lipinski definition) is 5. The van der Waals surface area contributed by atoms with E-state index in [2.05, 4.69) is 20.5 Å². The third-order valence-corrected chi connectivity index (χ3v) is 4.35. The largest absolute Gasteiger partial charge is 0.468 e. The number of nitrogens with one attached hydrogen (secondary N) is 2. The first-order chi connectivity index (χ1) is 14.2. The second kappa shape index (κ2) is 9.08. The number of pyridine rings is 1. The Morgan fingerprint density at radius 1 is 1.30 bits per heavy atom. The Kier molecular flexibility index (Phi) is 6.50. The van der Waals surface area contributed by atoms with Crippen molar-refractivity contribution in [3.8, 4) is 17.3 Å². The van der Waals surface area contributed by atoms with Gasteiger partial charge in [-0.25, -0.2) is 4.98 Å². The third-order valence-electron chi connectivity index (χ3n) is 4.03. The molecule has 3 rings (SSSR count). The number of aromatic amines is 1. The van der Waals surface area contributed by atoms with Gasteiger partial charge >= 0.3 is 6.18 Å². The predicted molar refractivity (Wildman–Crippen MR) is 105 cm³/mol. The van der Waals surface area contributed by atoms with E-state index in [4.69, 9.17) is 17.0 Å². The molecule has 0 atom stereocenters. The number of hydrogen-bond donors (Lipinski definition) is 2. The number of rotatable bonds is 7. The highest BCUT2D eigenvalue weighted by atomic mass is 32.1. The molecule has 30 heavy (non-hydrogen) atoms. The number of H-pyrrole nitrogens is 1. The molecule has 2 N–H and O–H groups in total. The van der Waals surface area contributed by atoms with Crippen LogP contribution in [0.5, 0.6) is 5.88 Å². The summed E-state index contributed by atoms with van der Waals surface area (Å²) < 4.78 is 43.7. The van der Waals surface area contributed by atoms with E-state index in [9.17, 15) is 18.0 Å². The minimum Gasteiger partial charge on any atom is -0.468 e. The van der Waals surface area contributed by atoms with Crippen molar-refractivity contribution >= 4 is 18.1 Å². The molecule has 11 heteroatoms. The molecule has 0 aliphatic rings. The minimum atomic E-state index is -4.48. The lowest BCUT2D eigenvalue weighted by atomic mass is 10.1. The van der Waals surface area contributed by atoms with Crippen molar-refractivity contribution < 1.29 is 22.7 Å². The second-order valence-corrected chi connectivity index (χ2v) is 6.84. The van der Waals surface area contributed by atoms with Crippen LogP contribution in [0.2, 0.25) is 0 Å². The van der Waals surface area contributed by atoms with Crippen LogP contribution in [0.1, 0.15) is 11.1 Å². The van der Waals surface area contributed by atoms with Crippen LogP contribution in [-0.2, 0) is 17.9 Å². The van der Waals surface area contributed by atoms with E-state index in [1.807, 2.05) is 31.2 Å². The maximum Gasteiger partial charge on any atom is 0.422 e. The Bertz CT molecular complexity index is 1090. The lowest BCUT2D eigenvalue weighted by Crippen LogP contribution is -2.28. The number of aromatic nitrogens is 4. The standard InChI is InChI=1S/C19H18F3N5O2S/c1-12-4-2-5-13(8-12)16-25-26-18(30)27(16)10-15(28)24-9-14-6-3-7-23-17(14)29-11-19(20,21)22/h2-8H,9-11H2,1H3,(H,24,28)(H,26,30). The van der Waals surface area contributed by atoms with Crippen molar-refractivity contribution in [1.29, 1.82) is 0 Å². The van der Waals surface area contributed by atoms with E-state index in [0.717, 1.165) is 11.1 Å². The molecule has 0 aliphatic carbocycles. The molecule has 1 amide bonds. The van der Waals surface area contributed by atoms with Crippen LogP contribution in [0.15, 0.2) is 42.6 Å². The summed E-state index contributed by atoms with van der Waals surface area (Å²) in [6, 6.07) is 10.7. The Morgan fingerprint density at radius 3 is 2.83 bits per heavy atom. The first-order valence-electron chi connectivity index (χ1n) is 8.85. The van der Waals surface area contributed by atoms with Gasteiger partial charge in [0.25, 0.3) is 0 Å².